The van der Waals surface area contributed by atoms with Crippen molar-refractivity contribution in [3.05, 3.63) is 114 Å². The number of pyridine rings is 4. The molecule has 0 unspecified atom stereocenters. The third-order valence-corrected chi connectivity index (χ3v) is 5.21. The smallest absolute Gasteiger partial charge is 0.224 e. The third-order valence-electron chi connectivity index (χ3n) is 5.21. The number of hydrogen-bond acceptors (Lipinski definition) is 5. The van der Waals surface area contributed by atoms with Crippen molar-refractivity contribution in [1.29, 1.82) is 0 Å². The number of benzene rings is 1. The first-order chi connectivity index (χ1) is 17.8. The van der Waals surface area contributed by atoms with Crippen LogP contribution in [0.25, 0.3) is 22.5 Å². The Kier molecular flexibility index (Phi) is 6.26. The van der Waals surface area contributed by atoms with Gasteiger partial charge in [0.1, 0.15) is 23.3 Å². The summed E-state index contributed by atoms with van der Waals surface area (Å²) >= 11 is 0. The average molecular weight is 509 g/mol. The molecule has 0 radical (unpaired) electrons. The topological polar surface area (TPSA) is 54.8 Å². The Hall–Kier alpha value is -4.80. The molecule has 0 aliphatic rings. The van der Waals surface area contributed by atoms with Gasteiger partial charge in [0.2, 0.25) is 23.8 Å². The summed E-state index contributed by atoms with van der Waals surface area (Å²) in [5.74, 6) is -6.52. The molecular weight excluding hydrogens is 496 g/mol. The second-order valence-electron chi connectivity index (χ2n) is 7.67. The predicted molar refractivity (Wildman–Crippen MR) is 123 cm³/mol. The number of para-hydroxylation sites is 1. The van der Waals surface area contributed by atoms with Gasteiger partial charge < -0.3 is 0 Å². The summed E-state index contributed by atoms with van der Waals surface area (Å²) in [5, 5.41) is 0. The third kappa shape index (κ3) is 4.96. The SMILES string of the molecule is Fc1cc(-c2ccc(F)nc2F)nc(N(c2ccccc2)c2cc(F)cc(-c3ccc(F)nc3F)n2)c1. The van der Waals surface area contributed by atoms with Crippen LogP contribution in [-0.2, 0) is 0 Å². The normalized spacial score (nSPS) is 11.0. The van der Waals surface area contributed by atoms with Crippen LogP contribution in [0.15, 0.2) is 78.9 Å². The molecule has 5 nitrogen and oxygen atoms in total. The van der Waals surface area contributed by atoms with Crippen molar-refractivity contribution in [3.8, 4) is 22.5 Å². The first-order valence-corrected chi connectivity index (χ1v) is 10.6. The summed E-state index contributed by atoms with van der Waals surface area (Å²) in [5.41, 5.74) is -0.631. The maximum atomic E-state index is 14.8. The van der Waals surface area contributed by atoms with Gasteiger partial charge in [0.25, 0.3) is 0 Å². The van der Waals surface area contributed by atoms with E-state index in [9.17, 15) is 26.3 Å². The van der Waals surface area contributed by atoms with E-state index in [1.165, 1.54) is 4.90 Å². The minimum Gasteiger partial charge on any atom is -0.279 e. The molecule has 0 bridgehead atoms. The molecule has 4 heterocycles. The summed E-state index contributed by atoms with van der Waals surface area (Å²) in [6.45, 7) is 0. The second kappa shape index (κ2) is 9.69. The van der Waals surface area contributed by atoms with Crippen molar-refractivity contribution >= 4 is 17.3 Å². The molecule has 0 saturated carbocycles. The van der Waals surface area contributed by atoms with Gasteiger partial charge in [-0.25, -0.2) is 18.7 Å². The van der Waals surface area contributed by atoms with Crippen LogP contribution in [0.5, 0.6) is 0 Å². The molecule has 0 aliphatic heterocycles. The van der Waals surface area contributed by atoms with E-state index in [-0.39, 0.29) is 34.2 Å². The molecule has 0 amide bonds. The van der Waals surface area contributed by atoms with Gasteiger partial charge >= 0.3 is 0 Å². The van der Waals surface area contributed by atoms with Gasteiger partial charge in [0.05, 0.1) is 22.5 Å². The fraction of sp³-hybridized carbons (Fsp3) is 0. The molecule has 11 heteroatoms. The van der Waals surface area contributed by atoms with E-state index in [4.69, 9.17) is 0 Å². The van der Waals surface area contributed by atoms with E-state index in [0.717, 1.165) is 48.5 Å². The molecule has 0 aliphatic carbocycles. The number of aromatic nitrogens is 4. The van der Waals surface area contributed by atoms with E-state index in [2.05, 4.69) is 19.9 Å². The van der Waals surface area contributed by atoms with Crippen molar-refractivity contribution < 1.29 is 26.3 Å². The van der Waals surface area contributed by atoms with Crippen molar-refractivity contribution in [2.45, 2.75) is 0 Å². The molecule has 5 aromatic rings. The number of nitrogens with zero attached hydrogens (tertiary/aromatic N) is 5. The summed E-state index contributed by atoms with van der Waals surface area (Å²) in [4.78, 5) is 16.0. The number of halogens is 6. The van der Waals surface area contributed by atoms with Gasteiger partial charge in [0.15, 0.2) is 0 Å². The standard InChI is InChI=1S/C26H13F6N5/c27-14-10-19(17-6-8-21(29)35-25(17)31)33-23(12-14)37(16-4-2-1-3-5-16)24-13-15(28)11-20(34-24)18-7-9-22(30)36-26(18)32/h1-13H. The van der Waals surface area contributed by atoms with Crippen LogP contribution in [0.4, 0.5) is 43.7 Å². The van der Waals surface area contributed by atoms with Crippen LogP contribution >= 0.6 is 0 Å². The highest BCUT2D eigenvalue weighted by molar-refractivity contribution is 5.75. The highest BCUT2D eigenvalue weighted by Crippen LogP contribution is 2.36. The minimum absolute atomic E-state index is 0.147. The molecule has 0 N–H and O–H groups in total. The zero-order valence-electron chi connectivity index (χ0n) is 18.5. The van der Waals surface area contributed by atoms with Gasteiger partial charge in [-0.3, -0.25) is 4.90 Å². The van der Waals surface area contributed by atoms with Crippen LogP contribution < -0.4 is 4.90 Å². The Labute approximate surface area is 205 Å². The van der Waals surface area contributed by atoms with Crippen LogP contribution in [-0.4, -0.2) is 19.9 Å². The second-order valence-corrected chi connectivity index (χ2v) is 7.67. The van der Waals surface area contributed by atoms with Gasteiger partial charge in [-0.2, -0.15) is 27.5 Å². The van der Waals surface area contributed by atoms with Crippen LogP contribution in [0.3, 0.4) is 0 Å². The van der Waals surface area contributed by atoms with Crippen LogP contribution in [0.1, 0.15) is 0 Å². The van der Waals surface area contributed by atoms with Gasteiger partial charge in [-0.05, 0) is 36.4 Å². The molecule has 0 spiro atoms. The lowest BCUT2D eigenvalue weighted by Gasteiger charge is -2.24. The lowest BCUT2D eigenvalue weighted by Crippen LogP contribution is -2.15. The highest BCUT2D eigenvalue weighted by atomic mass is 19.2. The van der Waals surface area contributed by atoms with Gasteiger partial charge in [-0.1, -0.05) is 18.2 Å². The Morgan fingerprint density at radius 1 is 0.486 bits per heavy atom. The lowest BCUT2D eigenvalue weighted by molar-refractivity contribution is 0.514. The molecular formula is C26H13F6N5. The summed E-state index contributed by atoms with van der Waals surface area (Å²) < 4.78 is 84.8. The largest absolute Gasteiger partial charge is 0.279 e. The Morgan fingerprint density at radius 3 is 1.38 bits per heavy atom. The zero-order chi connectivity index (χ0) is 26.1. The molecule has 5 rings (SSSR count). The van der Waals surface area contributed by atoms with E-state index in [0.29, 0.717) is 5.69 Å². The molecule has 0 atom stereocenters. The molecule has 37 heavy (non-hydrogen) atoms. The average Bonchev–Trinajstić information content (AvgIpc) is 2.84. The van der Waals surface area contributed by atoms with E-state index in [1.807, 2.05) is 0 Å². The first kappa shape index (κ1) is 23.9. The fourth-order valence-electron chi connectivity index (χ4n) is 3.64. The van der Waals surface area contributed by atoms with Crippen molar-refractivity contribution in [2.24, 2.45) is 0 Å². The number of hydrogen-bond donors (Lipinski definition) is 0. The molecule has 4 aromatic heterocycles. The van der Waals surface area contributed by atoms with E-state index < -0.39 is 35.4 Å². The van der Waals surface area contributed by atoms with Crippen molar-refractivity contribution in [1.82, 2.24) is 19.9 Å². The Bertz CT molecular complexity index is 1510. The number of rotatable bonds is 5. The monoisotopic (exact) mass is 509 g/mol. The molecule has 0 fully saturated rings. The highest BCUT2D eigenvalue weighted by Gasteiger charge is 2.21. The first-order valence-electron chi connectivity index (χ1n) is 10.6. The molecule has 184 valence electrons. The quantitative estimate of drug-likeness (QED) is 0.191. The summed E-state index contributed by atoms with van der Waals surface area (Å²) in [6.07, 6.45) is 0. The molecule has 0 saturated heterocycles. The van der Waals surface area contributed by atoms with Crippen LogP contribution in [0, 0.1) is 35.4 Å². The predicted octanol–water partition coefficient (Wildman–Crippen LogP) is 6.91. The van der Waals surface area contributed by atoms with Gasteiger partial charge in [-0.15, -0.1) is 0 Å². The minimum atomic E-state index is -1.21. The zero-order valence-corrected chi connectivity index (χ0v) is 18.5. The maximum Gasteiger partial charge on any atom is 0.224 e. The van der Waals surface area contributed by atoms with Crippen molar-refractivity contribution in [3.63, 3.8) is 0 Å². The Balaban J connectivity index is 1.71. The number of anilines is 3. The molecule has 1 aromatic carbocycles. The lowest BCUT2D eigenvalue weighted by atomic mass is 10.1. The van der Waals surface area contributed by atoms with E-state index in [1.54, 1.807) is 30.3 Å². The van der Waals surface area contributed by atoms with Gasteiger partial charge in [0, 0.05) is 30.0 Å². The fourth-order valence-corrected chi connectivity index (χ4v) is 3.64. The summed E-state index contributed by atoms with van der Waals surface area (Å²) in [7, 11) is 0. The summed E-state index contributed by atoms with van der Waals surface area (Å²) in [6, 6.07) is 15.9. The van der Waals surface area contributed by atoms with Crippen LogP contribution in [0.2, 0.25) is 0 Å². The Morgan fingerprint density at radius 2 is 0.946 bits per heavy atom. The van der Waals surface area contributed by atoms with Crippen molar-refractivity contribution in [2.75, 3.05) is 4.90 Å². The maximum absolute atomic E-state index is 14.8. The van der Waals surface area contributed by atoms with E-state index >= 15 is 0 Å².